The van der Waals surface area contributed by atoms with E-state index in [4.69, 9.17) is 4.74 Å². The highest BCUT2D eigenvalue weighted by atomic mass is 16.6. The average molecular weight is 530 g/mol. The third kappa shape index (κ3) is 3.14. The van der Waals surface area contributed by atoms with Crippen LogP contribution in [0.15, 0.2) is 73.1 Å². The lowest BCUT2D eigenvalue weighted by molar-refractivity contribution is 0.0804. The Hall–Kier alpha value is -5.18. The van der Waals surface area contributed by atoms with Crippen molar-refractivity contribution in [2.75, 3.05) is 0 Å². The van der Waals surface area contributed by atoms with Crippen molar-refractivity contribution >= 4 is 61.5 Å². The van der Waals surface area contributed by atoms with Crippen LogP contribution in [0, 0.1) is 0 Å². The summed E-state index contributed by atoms with van der Waals surface area (Å²) in [6.07, 6.45) is 3.03. The van der Waals surface area contributed by atoms with E-state index in [2.05, 4.69) is 24.8 Å². The molecule has 0 saturated carbocycles. The van der Waals surface area contributed by atoms with Crippen molar-refractivity contribution < 1.29 is 19.1 Å². The second-order valence-electron chi connectivity index (χ2n) is 10.3. The summed E-state index contributed by atoms with van der Waals surface area (Å²) in [7, 11) is 0. The summed E-state index contributed by atoms with van der Waals surface area (Å²) in [6, 6.07) is 19.5. The van der Waals surface area contributed by atoms with Gasteiger partial charge in [0.05, 0.1) is 28.7 Å². The Morgan fingerprint density at radius 3 is 2.15 bits per heavy atom. The molecule has 3 aromatic carbocycles. The van der Waals surface area contributed by atoms with E-state index in [0.717, 1.165) is 49.2 Å². The van der Waals surface area contributed by atoms with Crippen LogP contribution >= 0.6 is 0 Å². The zero-order chi connectivity index (χ0) is 27.0. The summed E-state index contributed by atoms with van der Waals surface area (Å²) in [6.45, 7) is 1.33. The molecule has 0 aliphatic carbocycles. The quantitative estimate of drug-likeness (QED) is 0.318. The second kappa shape index (κ2) is 8.41. The molecule has 0 spiro atoms. The van der Waals surface area contributed by atoms with Gasteiger partial charge in [0, 0.05) is 64.5 Å². The van der Waals surface area contributed by atoms with Crippen LogP contribution in [0.4, 0.5) is 4.79 Å². The fourth-order valence-corrected chi connectivity index (χ4v) is 6.49. The predicted octanol–water partition coefficient (Wildman–Crippen LogP) is 4.88. The third-order valence-corrected chi connectivity index (χ3v) is 8.12. The lowest BCUT2D eigenvalue weighted by atomic mass is 9.96. The van der Waals surface area contributed by atoms with Gasteiger partial charge in [-0.05, 0) is 29.8 Å². The fourth-order valence-electron chi connectivity index (χ4n) is 6.49. The number of nitrogens with one attached hydrogen (secondary N) is 2. The highest BCUT2D eigenvalue weighted by Gasteiger charge is 2.37. The van der Waals surface area contributed by atoms with E-state index in [0.29, 0.717) is 37.2 Å². The van der Waals surface area contributed by atoms with Crippen LogP contribution in [0.2, 0.25) is 0 Å². The van der Waals surface area contributed by atoms with Gasteiger partial charge >= 0.3 is 6.09 Å². The van der Waals surface area contributed by atoms with Gasteiger partial charge in [-0.3, -0.25) is 19.9 Å². The summed E-state index contributed by atoms with van der Waals surface area (Å²) in [5, 5.41) is 8.76. The Balaban J connectivity index is 1.34. The number of aryl methyl sites for hydroxylation is 1. The fraction of sp³-hybridized carbons (Fsp3) is 0.161. The van der Waals surface area contributed by atoms with Crippen molar-refractivity contribution in [2.24, 2.45) is 0 Å². The summed E-state index contributed by atoms with van der Waals surface area (Å²) in [4.78, 5) is 43.4. The number of alkyl carbamates (subject to hydrolysis) is 1. The molecule has 196 valence electrons. The monoisotopic (exact) mass is 529 g/mol. The number of pyridine rings is 1. The molecule has 9 heteroatoms. The summed E-state index contributed by atoms with van der Waals surface area (Å²) < 4.78 is 10.4. The van der Waals surface area contributed by atoms with Gasteiger partial charge in [-0.2, -0.15) is 0 Å². The van der Waals surface area contributed by atoms with Crippen LogP contribution in [0.1, 0.15) is 32.7 Å². The summed E-state index contributed by atoms with van der Waals surface area (Å²) >= 11 is 0. The SMILES string of the molecule is O=C(NCc1ccncc1)OC1CCn2c3ccccc3c3c4c(c5c6ccccc6n(c5c32)C1)C(=O)NC4=O. The number of rotatable bonds is 3. The first kappa shape index (κ1) is 22.8. The molecule has 2 aliphatic heterocycles. The van der Waals surface area contributed by atoms with Crippen molar-refractivity contribution in [2.45, 2.75) is 32.2 Å². The van der Waals surface area contributed by atoms with Crippen molar-refractivity contribution in [3.8, 4) is 0 Å². The Bertz CT molecular complexity index is 2060. The third-order valence-electron chi connectivity index (χ3n) is 8.12. The molecule has 0 bridgehead atoms. The first-order chi connectivity index (χ1) is 19.6. The summed E-state index contributed by atoms with van der Waals surface area (Å²) in [5.41, 5.74) is 5.48. The molecule has 6 aromatic rings. The van der Waals surface area contributed by atoms with Crippen LogP contribution < -0.4 is 10.6 Å². The first-order valence-electron chi connectivity index (χ1n) is 13.3. The Morgan fingerprint density at radius 1 is 0.875 bits per heavy atom. The number of carbonyl (C=O) groups is 3. The number of nitrogens with zero attached hydrogens (tertiary/aromatic N) is 3. The van der Waals surface area contributed by atoms with E-state index in [1.807, 2.05) is 60.7 Å². The second-order valence-corrected chi connectivity index (χ2v) is 10.3. The van der Waals surface area contributed by atoms with Crippen LogP contribution in [0.5, 0.6) is 0 Å². The maximum Gasteiger partial charge on any atom is 0.407 e. The molecule has 8 rings (SSSR count). The van der Waals surface area contributed by atoms with Crippen molar-refractivity contribution in [1.82, 2.24) is 24.8 Å². The minimum absolute atomic E-state index is 0.339. The van der Waals surface area contributed by atoms with Crippen LogP contribution in [0.25, 0.3) is 43.6 Å². The number of carbonyl (C=O) groups excluding carboxylic acids is 3. The van der Waals surface area contributed by atoms with Gasteiger partial charge in [0.1, 0.15) is 6.10 Å². The van der Waals surface area contributed by atoms with Crippen LogP contribution in [-0.2, 0) is 24.4 Å². The molecule has 2 aliphatic rings. The Labute approximate surface area is 227 Å². The van der Waals surface area contributed by atoms with Gasteiger partial charge in [-0.25, -0.2) is 4.79 Å². The van der Waals surface area contributed by atoms with Gasteiger partial charge in [0.15, 0.2) is 0 Å². The molecular weight excluding hydrogens is 506 g/mol. The molecule has 0 fully saturated rings. The lowest BCUT2D eigenvalue weighted by Gasteiger charge is -2.24. The lowest BCUT2D eigenvalue weighted by Crippen LogP contribution is -2.32. The maximum absolute atomic E-state index is 13.3. The van der Waals surface area contributed by atoms with Crippen molar-refractivity contribution in [3.05, 3.63) is 89.7 Å². The molecule has 5 heterocycles. The molecule has 9 nitrogen and oxygen atoms in total. The number of amides is 3. The number of imide groups is 1. The number of para-hydroxylation sites is 2. The molecule has 2 N–H and O–H groups in total. The smallest absolute Gasteiger partial charge is 0.407 e. The van der Waals surface area contributed by atoms with E-state index in [1.165, 1.54) is 0 Å². The average Bonchev–Trinajstić information content (AvgIpc) is 3.57. The van der Waals surface area contributed by atoms with E-state index in [-0.39, 0.29) is 11.8 Å². The molecule has 0 radical (unpaired) electrons. The molecule has 3 amide bonds. The van der Waals surface area contributed by atoms with Gasteiger partial charge in [-0.15, -0.1) is 0 Å². The minimum atomic E-state index is -0.489. The van der Waals surface area contributed by atoms with E-state index in [9.17, 15) is 14.4 Å². The zero-order valence-corrected chi connectivity index (χ0v) is 21.3. The minimum Gasteiger partial charge on any atom is -0.444 e. The number of hydrogen-bond acceptors (Lipinski definition) is 5. The Kier molecular flexibility index (Phi) is 4.79. The van der Waals surface area contributed by atoms with Gasteiger partial charge in [0.25, 0.3) is 11.8 Å². The molecule has 40 heavy (non-hydrogen) atoms. The highest BCUT2D eigenvalue weighted by molar-refractivity contribution is 6.39. The molecular formula is C31H23N5O4. The highest BCUT2D eigenvalue weighted by Crippen LogP contribution is 2.45. The van der Waals surface area contributed by atoms with Crippen LogP contribution in [-0.4, -0.2) is 38.1 Å². The predicted molar refractivity (Wildman–Crippen MR) is 150 cm³/mol. The molecule has 1 unspecified atom stereocenters. The molecule has 0 saturated heterocycles. The number of ether oxygens (including phenoxy) is 1. The van der Waals surface area contributed by atoms with Crippen LogP contribution in [0.3, 0.4) is 0 Å². The van der Waals surface area contributed by atoms with Crippen molar-refractivity contribution in [1.29, 1.82) is 0 Å². The van der Waals surface area contributed by atoms with Gasteiger partial charge in [-0.1, -0.05) is 36.4 Å². The van der Waals surface area contributed by atoms with Crippen molar-refractivity contribution in [3.63, 3.8) is 0 Å². The number of aromatic nitrogens is 3. The Morgan fingerprint density at radius 2 is 1.48 bits per heavy atom. The standard InChI is InChI=1S/C31H23N5O4/c37-29-25-23-19-5-1-3-7-21(19)35-14-11-18(40-31(39)33-15-17-9-12-32-13-10-17)16-36-22-8-4-2-6-20(22)24(28(36)27(23)35)26(25)30(38)34-29/h1-10,12-13,18H,11,14-16H2,(H,33,39)(H,34,37,38). The first-order valence-corrected chi connectivity index (χ1v) is 13.3. The normalized spacial score (nSPS) is 16.4. The summed E-state index contributed by atoms with van der Waals surface area (Å²) in [5.74, 6) is -0.747. The number of fused-ring (bicyclic) bond motifs is 9. The molecule has 1 atom stereocenters. The van der Waals surface area contributed by atoms with E-state index < -0.39 is 12.2 Å². The topological polar surface area (TPSA) is 107 Å². The van der Waals surface area contributed by atoms with E-state index in [1.54, 1.807) is 12.4 Å². The van der Waals surface area contributed by atoms with Gasteiger partial charge in [0.2, 0.25) is 0 Å². The molecule has 3 aromatic heterocycles. The van der Waals surface area contributed by atoms with Gasteiger partial charge < -0.3 is 19.2 Å². The number of benzene rings is 3. The zero-order valence-electron chi connectivity index (χ0n) is 21.3. The number of hydrogen-bond donors (Lipinski definition) is 2. The van der Waals surface area contributed by atoms with E-state index >= 15 is 0 Å². The maximum atomic E-state index is 13.3. The largest absolute Gasteiger partial charge is 0.444 e.